The van der Waals surface area contributed by atoms with Gasteiger partial charge in [0.05, 0.1) is 10.6 Å². The second kappa shape index (κ2) is 6.78. The number of carbonyl (C=O) groups is 1. The van der Waals surface area contributed by atoms with Gasteiger partial charge in [0.25, 0.3) is 10.0 Å². The molecule has 0 aliphatic carbocycles. The van der Waals surface area contributed by atoms with Crippen molar-refractivity contribution in [3.8, 4) is 0 Å². The first-order chi connectivity index (χ1) is 12.0. The maximum absolute atomic E-state index is 12.7. The van der Waals surface area contributed by atoms with Gasteiger partial charge in [-0.25, -0.2) is 13.2 Å². The molecular formula is C19H15NO4S. The van der Waals surface area contributed by atoms with Gasteiger partial charge in [0.2, 0.25) is 0 Å². The summed E-state index contributed by atoms with van der Waals surface area (Å²) < 4.78 is 28.0. The predicted octanol–water partition coefficient (Wildman–Crippen LogP) is 3.74. The number of sulfonamides is 1. The van der Waals surface area contributed by atoms with Gasteiger partial charge in [0.1, 0.15) is 0 Å². The first-order valence-corrected chi connectivity index (χ1v) is 8.96. The van der Waals surface area contributed by atoms with Gasteiger partial charge in [0.15, 0.2) is 0 Å². The Kier molecular flexibility index (Phi) is 4.54. The fourth-order valence-corrected chi connectivity index (χ4v) is 3.61. The highest BCUT2D eigenvalue weighted by atomic mass is 32.2. The number of nitrogens with one attached hydrogen (secondary N) is 1. The predicted molar refractivity (Wildman–Crippen MR) is 97.9 cm³/mol. The molecule has 3 aromatic rings. The fourth-order valence-electron chi connectivity index (χ4n) is 2.47. The Morgan fingerprint density at radius 2 is 1.68 bits per heavy atom. The van der Waals surface area contributed by atoms with E-state index in [4.69, 9.17) is 5.11 Å². The van der Waals surface area contributed by atoms with Crippen LogP contribution in [0.5, 0.6) is 0 Å². The molecule has 0 unspecified atom stereocenters. The highest BCUT2D eigenvalue weighted by Crippen LogP contribution is 2.25. The quantitative estimate of drug-likeness (QED) is 0.685. The number of benzene rings is 3. The van der Waals surface area contributed by atoms with E-state index in [2.05, 4.69) is 4.72 Å². The van der Waals surface area contributed by atoms with E-state index in [1.54, 1.807) is 24.3 Å². The van der Waals surface area contributed by atoms with Gasteiger partial charge in [-0.1, -0.05) is 48.5 Å². The third kappa shape index (κ3) is 3.87. The van der Waals surface area contributed by atoms with E-state index in [0.717, 1.165) is 16.8 Å². The third-order valence-corrected chi connectivity index (χ3v) is 4.98. The highest BCUT2D eigenvalue weighted by molar-refractivity contribution is 7.92. The van der Waals surface area contributed by atoms with Crippen LogP contribution < -0.4 is 4.72 Å². The van der Waals surface area contributed by atoms with E-state index in [0.29, 0.717) is 11.3 Å². The second-order valence-corrected chi connectivity index (χ2v) is 7.06. The van der Waals surface area contributed by atoms with Crippen molar-refractivity contribution in [3.63, 3.8) is 0 Å². The van der Waals surface area contributed by atoms with Crippen LogP contribution >= 0.6 is 0 Å². The van der Waals surface area contributed by atoms with E-state index < -0.39 is 16.0 Å². The summed E-state index contributed by atoms with van der Waals surface area (Å²) in [4.78, 5) is 10.7. The molecule has 0 aliphatic heterocycles. The lowest BCUT2D eigenvalue weighted by molar-refractivity contribution is -0.131. The second-order valence-electron chi connectivity index (χ2n) is 5.38. The van der Waals surface area contributed by atoms with E-state index in [-0.39, 0.29) is 4.90 Å². The minimum Gasteiger partial charge on any atom is -0.478 e. The van der Waals surface area contributed by atoms with E-state index in [9.17, 15) is 13.2 Å². The van der Waals surface area contributed by atoms with Crippen molar-refractivity contribution in [2.24, 2.45) is 0 Å². The van der Waals surface area contributed by atoms with Crippen LogP contribution in [0.4, 0.5) is 5.69 Å². The summed E-state index contributed by atoms with van der Waals surface area (Å²) in [6.45, 7) is 0. The first-order valence-electron chi connectivity index (χ1n) is 7.47. The Hall–Kier alpha value is -3.12. The molecule has 126 valence electrons. The maximum Gasteiger partial charge on any atom is 0.328 e. The molecule has 6 heteroatoms. The van der Waals surface area contributed by atoms with Gasteiger partial charge in [-0.15, -0.1) is 0 Å². The van der Waals surface area contributed by atoms with Crippen LogP contribution in [-0.2, 0) is 14.8 Å². The van der Waals surface area contributed by atoms with Gasteiger partial charge in [0, 0.05) is 11.5 Å². The highest BCUT2D eigenvalue weighted by Gasteiger charge is 2.15. The zero-order chi connectivity index (χ0) is 17.9. The minimum absolute atomic E-state index is 0.0629. The molecule has 2 N–H and O–H groups in total. The van der Waals surface area contributed by atoms with E-state index >= 15 is 0 Å². The molecule has 0 bridgehead atoms. The molecule has 0 radical (unpaired) electrons. The Labute approximate surface area is 145 Å². The fraction of sp³-hybridized carbons (Fsp3) is 0. The number of aliphatic carboxylic acids is 1. The number of carboxylic acids is 1. The van der Waals surface area contributed by atoms with Crippen LogP contribution in [0.25, 0.3) is 16.8 Å². The summed E-state index contributed by atoms with van der Waals surface area (Å²) in [5.41, 5.74) is 0.979. The average Bonchev–Trinajstić information content (AvgIpc) is 2.60. The molecule has 0 amide bonds. The van der Waals surface area contributed by atoms with Crippen LogP contribution in [0.3, 0.4) is 0 Å². The van der Waals surface area contributed by atoms with Crippen molar-refractivity contribution in [2.45, 2.75) is 4.90 Å². The lowest BCUT2D eigenvalue weighted by Gasteiger charge is -2.11. The monoisotopic (exact) mass is 353 g/mol. The lowest BCUT2D eigenvalue weighted by atomic mass is 10.1. The van der Waals surface area contributed by atoms with Gasteiger partial charge in [-0.05, 0) is 35.2 Å². The normalized spacial score (nSPS) is 11.7. The van der Waals surface area contributed by atoms with Crippen LogP contribution in [-0.4, -0.2) is 19.5 Å². The van der Waals surface area contributed by atoms with Crippen molar-refractivity contribution in [1.29, 1.82) is 0 Å². The molecule has 0 heterocycles. The summed E-state index contributed by atoms with van der Waals surface area (Å²) in [6, 6.07) is 19.0. The van der Waals surface area contributed by atoms with Gasteiger partial charge in [-0.2, -0.15) is 0 Å². The molecule has 0 aromatic heterocycles. The van der Waals surface area contributed by atoms with Crippen molar-refractivity contribution < 1.29 is 18.3 Å². The van der Waals surface area contributed by atoms with Gasteiger partial charge < -0.3 is 5.11 Å². The molecule has 0 fully saturated rings. The molecule has 5 nitrogen and oxygen atoms in total. The number of hydrogen-bond donors (Lipinski definition) is 2. The van der Waals surface area contributed by atoms with Crippen LogP contribution in [0.1, 0.15) is 5.56 Å². The van der Waals surface area contributed by atoms with Crippen LogP contribution in [0.15, 0.2) is 77.7 Å². The van der Waals surface area contributed by atoms with Crippen molar-refractivity contribution in [1.82, 2.24) is 0 Å². The lowest BCUT2D eigenvalue weighted by Crippen LogP contribution is -2.13. The standard InChI is InChI=1S/C19H15NO4S/c21-19(22)12-11-14-5-3-8-16(13-14)25(23,24)20-18-10-4-7-15-6-1-2-9-17(15)18/h1-13,20H,(H,21,22)/b12-11+. The topological polar surface area (TPSA) is 83.5 Å². The van der Waals surface area contributed by atoms with Crippen molar-refractivity contribution in [2.75, 3.05) is 4.72 Å². The molecule has 0 spiro atoms. The summed E-state index contributed by atoms with van der Waals surface area (Å²) in [7, 11) is -3.80. The zero-order valence-electron chi connectivity index (χ0n) is 13.1. The molecule has 0 saturated heterocycles. The first kappa shape index (κ1) is 16.7. The summed E-state index contributed by atoms with van der Waals surface area (Å²) in [6.07, 6.45) is 2.31. The van der Waals surface area contributed by atoms with E-state index in [1.165, 1.54) is 18.2 Å². The molecular weight excluding hydrogens is 338 g/mol. The molecule has 0 saturated carbocycles. The number of anilines is 1. The largest absolute Gasteiger partial charge is 0.478 e. The molecule has 0 aliphatic rings. The Balaban J connectivity index is 1.97. The molecule has 25 heavy (non-hydrogen) atoms. The Morgan fingerprint density at radius 1 is 0.960 bits per heavy atom. The van der Waals surface area contributed by atoms with Crippen molar-refractivity contribution in [3.05, 3.63) is 78.4 Å². The smallest absolute Gasteiger partial charge is 0.328 e. The zero-order valence-corrected chi connectivity index (χ0v) is 13.9. The van der Waals surface area contributed by atoms with Crippen molar-refractivity contribution >= 4 is 38.5 Å². The SMILES string of the molecule is O=C(O)/C=C/c1cccc(S(=O)(=O)Nc2cccc3ccccc23)c1. The average molecular weight is 353 g/mol. The number of rotatable bonds is 5. The number of carboxylic acid groups (broad SMARTS) is 1. The van der Waals surface area contributed by atoms with Crippen LogP contribution in [0.2, 0.25) is 0 Å². The third-order valence-electron chi connectivity index (χ3n) is 3.62. The molecule has 0 atom stereocenters. The van der Waals surface area contributed by atoms with Gasteiger partial charge in [-0.3, -0.25) is 4.72 Å². The Bertz CT molecular complexity index is 1070. The number of hydrogen-bond acceptors (Lipinski definition) is 3. The summed E-state index contributed by atoms with van der Waals surface area (Å²) in [5, 5.41) is 10.4. The van der Waals surface area contributed by atoms with Crippen LogP contribution in [0, 0.1) is 0 Å². The Morgan fingerprint density at radius 3 is 2.48 bits per heavy atom. The van der Waals surface area contributed by atoms with E-state index in [1.807, 2.05) is 30.3 Å². The molecule has 3 aromatic carbocycles. The number of fused-ring (bicyclic) bond motifs is 1. The summed E-state index contributed by atoms with van der Waals surface area (Å²) in [5.74, 6) is -1.10. The minimum atomic E-state index is -3.80. The van der Waals surface area contributed by atoms with Gasteiger partial charge >= 0.3 is 5.97 Å². The summed E-state index contributed by atoms with van der Waals surface area (Å²) >= 11 is 0. The maximum atomic E-state index is 12.7. The molecule has 3 rings (SSSR count).